The number of nitriles is 1. The Bertz CT molecular complexity index is 563. The standard InChI is InChI=1S/C13H15N3O4/c1-8(2)10(7-14)15-13(17)9-4-5-12(20-3)11(6-9)16(18)19/h4-6,8,10H,1-3H3,(H,15,17)/t10-/m0/s1. The van der Waals surface area contributed by atoms with Crippen molar-refractivity contribution in [3.63, 3.8) is 0 Å². The number of hydrogen-bond donors (Lipinski definition) is 1. The molecule has 0 saturated heterocycles. The molecule has 0 unspecified atom stereocenters. The van der Waals surface area contributed by atoms with Gasteiger partial charge in [-0.3, -0.25) is 14.9 Å². The molecule has 7 heteroatoms. The van der Waals surface area contributed by atoms with Crippen molar-refractivity contribution in [1.82, 2.24) is 5.32 Å². The molecule has 106 valence electrons. The van der Waals surface area contributed by atoms with E-state index >= 15 is 0 Å². The fourth-order valence-electron chi connectivity index (χ4n) is 1.55. The molecule has 1 amide bonds. The number of carbonyl (C=O) groups excluding carboxylic acids is 1. The Kier molecular flexibility index (Phi) is 5.03. The Hall–Kier alpha value is -2.62. The van der Waals surface area contributed by atoms with Crippen molar-refractivity contribution >= 4 is 11.6 Å². The first-order valence-corrected chi connectivity index (χ1v) is 5.93. The monoisotopic (exact) mass is 277 g/mol. The number of nitro groups is 1. The van der Waals surface area contributed by atoms with Crippen LogP contribution in [0.5, 0.6) is 5.75 Å². The number of nitrogens with zero attached hydrogens (tertiary/aromatic N) is 2. The number of ether oxygens (including phenoxy) is 1. The Morgan fingerprint density at radius 1 is 1.50 bits per heavy atom. The van der Waals surface area contributed by atoms with Crippen LogP contribution in [-0.4, -0.2) is 24.0 Å². The van der Waals surface area contributed by atoms with E-state index in [9.17, 15) is 14.9 Å². The lowest BCUT2D eigenvalue weighted by Crippen LogP contribution is -2.37. The van der Waals surface area contributed by atoms with Crippen molar-refractivity contribution in [3.8, 4) is 11.8 Å². The molecule has 0 saturated carbocycles. The Morgan fingerprint density at radius 2 is 2.15 bits per heavy atom. The second kappa shape index (κ2) is 6.52. The van der Waals surface area contributed by atoms with Gasteiger partial charge in [-0.15, -0.1) is 0 Å². The number of hydrogen-bond acceptors (Lipinski definition) is 5. The summed E-state index contributed by atoms with van der Waals surface area (Å²) in [5, 5.41) is 22.3. The first kappa shape index (κ1) is 15.4. The second-order valence-electron chi connectivity index (χ2n) is 4.47. The van der Waals surface area contributed by atoms with Crippen molar-refractivity contribution in [2.45, 2.75) is 19.9 Å². The van der Waals surface area contributed by atoms with E-state index in [4.69, 9.17) is 10.00 Å². The van der Waals surface area contributed by atoms with E-state index in [-0.39, 0.29) is 22.9 Å². The maximum atomic E-state index is 12.0. The molecule has 0 spiro atoms. The van der Waals surface area contributed by atoms with Crippen LogP contribution in [0, 0.1) is 27.4 Å². The van der Waals surface area contributed by atoms with Crippen molar-refractivity contribution in [3.05, 3.63) is 33.9 Å². The zero-order valence-electron chi connectivity index (χ0n) is 11.4. The summed E-state index contributed by atoms with van der Waals surface area (Å²) in [5.74, 6) is -0.513. The fourth-order valence-corrected chi connectivity index (χ4v) is 1.55. The first-order chi connectivity index (χ1) is 9.40. The zero-order chi connectivity index (χ0) is 15.3. The molecule has 0 bridgehead atoms. The summed E-state index contributed by atoms with van der Waals surface area (Å²) < 4.78 is 4.86. The van der Waals surface area contributed by atoms with Gasteiger partial charge in [0.2, 0.25) is 0 Å². The van der Waals surface area contributed by atoms with Crippen LogP contribution in [-0.2, 0) is 0 Å². The topological polar surface area (TPSA) is 105 Å². The SMILES string of the molecule is COc1ccc(C(=O)N[C@@H](C#N)C(C)C)cc1[N+](=O)[O-]. The molecule has 1 aromatic rings. The molecule has 1 N–H and O–H groups in total. The Labute approximate surface area is 116 Å². The van der Waals surface area contributed by atoms with Gasteiger partial charge >= 0.3 is 5.69 Å². The molecule has 1 atom stereocenters. The summed E-state index contributed by atoms with van der Waals surface area (Å²) in [6.07, 6.45) is 0. The van der Waals surface area contributed by atoms with Crippen molar-refractivity contribution in [2.24, 2.45) is 5.92 Å². The molecule has 0 aliphatic heterocycles. The average molecular weight is 277 g/mol. The average Bonchev–Trinajstić information content (AvgIpc) is 2.43. The normalized spacial score (nSPS) is 11.6. The summed E-state index contributed by atoms with van der Waals surface area (Å²) in [7, 11) is 1.31. The number of nitro benzene ring substituents is 1. The molecule has 0 aliphatic rings. The number of amides is 1. The van der Waals surface area contributed by atoms with Crippen LogP contribution >= 0.6 is 0 Å². The smallest absolute Gasteiger partial charge is 0.311 e. The van der Waals surface area contributed by atoms with E-state index in [1.807, 2.05) is 6.07 Å². The van der Waals surface area contributed by atoms with E-state index in [2.05, 4.69) is 5.32 Å². The molecule has 7 nitrogen and oxygen atoms in total. The van der Waals surface area contributed by atoms with Crippen LogP contribution in [0.15, 0.2) is 18.2 Å². The molecule has 1 rings (SSSR count). The lowest BCUT2D eigenvalue weighted by Gasteiger charge is -2.14. The first-order valence-electron chi connectivity index (χ1n) is 5.93. The van der Waals surface area contributed by atoms with Gasteiger partial charge in [0, 0.05) is 11.6 Å². The van der Waals surface area contributed by atoms with Gasteiger partial charge in [-0.1, -0.05) is 13.8 Å². The lowest BCUT2D eigenvalue weighted by atomic mass is 10.1. The van der Waals surface area contributed by atoms with Gasteiger partial charge in [-0.05, 0) is 18.1 Å². The molecule has 0 heterocycles. The van der Waals surface area contributed by atoms with Gasteiger partial charge in [-0.25, -0.2) is 0 Å². The Morgan fingerprint density at radius 3 is 2.60 bits per heavy atom. The van der Waals surface area contributed by atoms with Gasteiger partial charge in [0.1, 0.15) is 6.04 Å². The predicted octanol–water partition coefficient (Wildman–Crippen LogP) is 1.88. The minimum Gasteiger partial charge on any atom is -0.490 e. The van der Waals surface area contributed by atoms with Crippen molar-refractivity contribution < 1.29 is 14.5 Å². The number of benzene rings is 1. The summed E-state index contributed by atoms with van der Waals surface area (Å²) in [6.45, 7) is 3.59. The summed E-state index contributed by atoms with van der Waals surface area (Å²) >= 11 is 0. The highest BCUT2D eigenvalue weighted by molar-refractivity contribution is 5.95. The summed E-state index contributed by atoms with van der Waals surface area (Å²) in [5.41, 5.74) is -0.184. The van der Waals surface area contributed by atoms with Crippen LogP contribution in [0.25, 0.3) is 0 Å². The van der Waals surface area contributed by atoms with Gasteiger partial charge in [0.25, 0.3) is 5.91 Å². The molecular formula is C13H15N3O4. The highest BCUT2D eigenvalue weighted by atomic mass is 16.6. The highest BCUT2D eigenvalue weighted by Crippen LogP contribution is 2.27. The highest BCUT2D eigenvalue weighted by Gasteiger charge is 2.21. The third-order valence-corrected chi connectivity index (χ3v) is 2.73. The van der Waals surface area contributed by atoms with E-state index in [1.54, 1.807) is 13.8 Å². The van der Waals surface area contributed by atoms with E-state index in [1.165, 1.54) is 19.2 Å². The quantitative estimate of drug-likeness (QED) is 0.653. The minimum atomic E-state index is -0.649. The van der Waals surface area contributed by atoms with Gasteiger partial charge in [-0.2, -0.15) is 5.26 Å². The lowest BCUT2D eigenvalue weighted by molar-refractivity contribution is -0.385. The second-order valence-corrected chi connectivity index (χ2v) is 4.47. The Balaban J connectivity index is 3.03. The molecule has 1 aromatic carbocycles. The van der Waals surface area contributed by atoms with E-state index in [0.717, 1.165) is 6.07 Å². The van der Waals surface area contributed by atoms with Gasteiger partial charge < -0.3 is 10.1 Å². The van der Waals surface area contributed by atoms with Gasteiger partial charge in [0.15, 0.2) is 5.75 Å². The van der Waals surface area contributed by atoms with E-state index in [0.29, 0.717) is 0 Å². The van der Waals surface area contributed by atoms with Crippen LogP contribution in [0.2, 0.25) is 0 Å². The van der Waals surface area contributed by atoms with Crippen LogP contribution in [0.3, 0.4) is 0 Å². The third-order valence-electron chi connectivity index (χ3n) is 2.73. The number of methoxy groups -OCH3 is 1. The minimum absolute atomic E-state index is 0.0582. The summed E-state index contributed by atoms with van der Waals surface area (Å²) in [6, 6.07) is 5.21. The van der Waals surface area contributed by atoms with E-state index < -0.39 is 16.9 Å². The van der Waals surface area contributed by atoms with Crippen LogP contribution < -0.4 is 10.1 Å². The van der Waals surface area contributed by atoms with Gasteiger partial charge in [0.05, 0.1) is 18.1 Å². The molecule has 20 heavy (non-hydrogen) atoms. The predicted molar refractivity (Wildman–Crippen MR) is 71.4 cm³/mol. The molecule has 0 aliphatic carbocycles. The molecular weight excluding hydrogens is 262 g/mol. The third kappa shape index (κ3) is 3.45. The summed E-state index contributed by atoms with van der Waals surface area (Å²) in [4.78, 5) is 22.2. The number of nitrogens with one attached hydrogen (secondary N) is 1. The fraction of sp³-hybridized carbons (Fsp3) is 0.385. The number of rotatable bonds is 5. The molecule has 0 radical (unpaired) electrons. The van der Waals surface area contributed by atoms with Crippen LogP contribution in [0.1, 0.15) is 24.2 Å². The molecule has 0 aromatic heterocycles. The van der Waals surface area contributed by atoms with Crippen LogP contribution in [0.4, 0.5) is 5.69 Å². The number of carbonyl (C=O) groups is 1. The molecule has 0 fully saturated rings. The largest absolute Gasteiger partial charge is 0.490 e. The zero-order valence-corrected chi connectivity index (χ0v) is 11.4. The van der Waals surface area contributed by atoms with Crippen molar-refractivity contribution in [2.75, 3.05) is 7.11 Å². The maximum absolute atomic E-state index is 12.0. The van der Waals surface area contributed by atoms with Crippen molar-refractivity contribution in [1.29, 1.82) is 5.26 Å². The maximum Gasteiger partial charge on any atom is 0.311 e.